The SMILES string of the molecule is CC1CN(c2snc(N)c2-c2ccncc2)CC(CO)O1. The second-order valence-electron chi connectivity index (χ2n) is 5.14. The van der Waals surface area contributed by atoms with Gasteiger partial charge in [-0.25, -0.2) is 0 Å². The van der Waals surface area contributed by atoms with Crippen molar-refractivity contribution in [3.8, 4) is 11.1 Å². The van der Waals surface area contributed by atoms with Crippen molar-refractivity contribution in [1.29, 1.82) is 0 Å². The molecular weight excluding hydrogens is 288 g/mol. The maximum absolute atomic E-state index is 9.37. The highest BCUT2D eigenvalue weighted by molar-refractivity contribution is 7.11. The fourth-order valence-electron chi connectivity index (χ4n) is 2.61. The first-order chi connectivity index (χ1) is 10.2. The predicted octanol–water partition coefficient (Wildman–Crippen LogP) is 1.37. The number of nitrogen functional groups attached to an aromatic ring is 1. The van der Waals surface area contributed by atoms with E-state index < -0.39 is 0 Å². The van der Waals surface area contributed by atoms with Gasteiger partial charge in [-0.15, -0.1) is 0 Å². The van der Waals surface area contributed by atoms with E-state index in [4.69, 9.17) is 10.5 Å². The highest BCUT2D eigenvalue weighted by Gasteiger charge is 2.28. The number of anilines is 2. The Kier molecular flexibility index (Phi) is 4.05. The molecule has 6 nitrogen and oxygen atoms in total. The third-order valence-electron chi connectivity index (χ3n) is 3.49. The summed E-state index contributed by atoms with van der Waals surface area (Å²) >= 11 is 1.39. The lowest BCUT2D eigenvalue weighted by Gasteiger charge is -2.37. The highest BCUT2D eigenvalue weighted by atomic mass is 32.1. The summed E-state index contributed by atoms with van der Waals surface area (Å²) < 4.78 is 9.99. The van der Waals surface area contributed by atoms with Crippen LogP contribution in [0.3, 0.4) is 0 Å². The summed E-state index contributed by atoms with van der Waals surface area (Å²) in [6.07, 6.45) is 3.37. The summed E-state index contributed by atoms with van der Waals surface area (Å²) in [7, 11) is 0. The fraction of sp³-hybridized carbons (Fsp3) is 0.429. The molecule has 0 amide bonds. The third kappa shape index (κ3) is 2.85. The second-order valence-corrected chi connectivity index (χ2v) is 5.89. The smallest absolute Gasteiger partial charge is 0.147 e. The van der Waals surface area contributed by atoms with Gasteiger partial charge in [-0.05, 0) is 36.2 Å². The number of pyridine rings is 1. The van der Waals surface area contributed by atoms with Gasteiger partial charge in [0.15, 0.2) is 0 Å². The Morgan fingerprint density at radius 2 is 2.19 bits per heavy atom. The molecule has 0 bridgehead atoms. The average molecular weight is 306 g/mol. The molecule has 3 heterocycles. The van der Waals surface area contributed by atoms with Crippen LogP contribution in [0.4, 0.5) is 10.8 Å². The predicted molar refractivity (Wildman–Crippen MR) is 83.4 cm³/mol. The van der Waals surface area contributed by atoms with Crippen LogP contribution < -0.4 is 10.6 Å². The van der Waals surface area contributed by atoms with Crippen LogP contribution in [-0.2, 0) is 4.74 Å². The van der Waals surface area contributed by atoms with E-state index in [1.807, 2.05) is 19.1 Å². The van der Waals surface area contributed by atoms with Crippen LogP contribution in [0.5, 0.6) is 0 Å². The minimum atomic E-state index is -0.178. The van der Waals surface area contributed by atoms with Crippen LogP contribution in [0.25, 0.3) is 11.1 Å². The number of ether oxygens (including phenoxy) is 1. The zero-order valence-electron chi connectivity index (χ0n) is 11.8. The van der Waals surface area contributed by atoms with Crippen molar-refractivity contribution >= 4 is 22.4 Å². The van der Waals surface area contributed by atoms with Gasteiger partial charge in [0.1, 0.15) is 10.8 Å². The van der Waals surface area contributed by atoms with Crippen LogP contribution in [0.15, 0.2) is 24.5 Å². The van der Waals surface area contributed by atoms with Gasteiger partial charge in [0.25, 0.3) is 0 Å². The number of aliphatic hydroxyl groups excluding tert-OH is 1. The summed E-state index contributed by atoms with van der Waals surface area (Å²) in [5.74, 6) is 0.529. The number of hydrogen-bond acceptors (Lipinski definition) is 7. The first-order valence-corrected chi connectivity index (χ1v) is 7.63. The minimum absolute atomic E-state index is 0.0136. The molecule has 3 rings (SSSR count). The van der Waals surface area contributed by atoms with Gasteiger partial charge in [-0.3, -0.25) is 4.98 Å². The van der Waals surface area contributed by atoms with E-state index in [2.05, 4.69) is 14.3 Å². The molecule has 2 aromatic rings. The molecule has 0 radical (unpaired) electrons. The Labute approximate surface area is 127 Å². The topological polar surface area (TPSA) is 84.5 Å². The summed E-state index contributed by atoms with van der Waals surface area (Å²) in [5.41, 5.74) is 8.00. The molecule has 1 aliphatic heterocycles. The summed E-state index contributed by atoms with van der Waals surface area (Å²) in [6, 6.07) is 3.86. The van der Waals surface area contributed by atoms with E-state index in [-0.39, 0.29) is 18.8 Å². The number of morpholine rings is 1. The Hall–Kier alpha value is -1.70. The third-order valence-corrected chi connectivity index (χ3v) is 4.41. The van der Waals surface area contributed by atoms with Crippen LogP contribution in [0.1, 0.15) is 6.92 Å². The molecule has 112 valence electrons. The van der Waals surface area contributed by atoms with Crippen molar-refractivity contribution in [2.75, 3.05) is 30.3 Å². The normalized spacial score (nSPS) is 22.5. The number of aliphatic hydroxyl groups is 1. The molecule has 0 aliphatic carbocycles. The molecule has 1 fully saturated rings. The zero-order chi connectivity index (χ0) is 14.8. The molecule has 0 spiro atoms. The van der Waals surface area contributed by atoms with Crippen LogP contribution in [-0.4, -0.2) is 46.4 Å². The largest absolute Gasteiger partial charge is 0.394 e. The van der Waals surface area contributed by atoms with E-state index in [1.54, 1.807) is 12.4 Å². The van der Waals surface area contributed by atoms with Crippen molar-refractivity contribution in [2.24, 2.45) is 0 Å². The molecular formula is C14H18N4O2S. The highest BCUT2D eigenvalue weighted by Crippen LogP contribution is 2.40. The lowest BCUT2D eigenvalue weighted by atomic mass is 10.1. The molecule has 1 saturated heterocycles. The number of rotatable bonds is 3. The summed E-state index contributed by atoms with van der Waals surface area (Å²) in [4.78, 5) is 6.23. The molecule has 3 N–H and O–H groups in total. The number of nitrogens with two attached hydrogens (primary N) is 1. The zero-order valence-corrected chi connectivity index (χ0v) is 12.6. The Balaban J connectivity index is 1.96. The number of aromatic nitrogens is 2. The maximum Gasteiger partial charge on any atom is 0.147 e. The van der Waals surface area contributed by atoms with Crippen LogP contribution >= 0.6 is 11.5 Å². The second kappa shape index (κ2) is 5.97. The van der Waals surface area contributed by atoms with E-state index >= 15 is 0 Å². The molecule has 21 heavy (non-hydrogen) atoms. The quantitative estimate of drug-likeness (QED) is 0.891. The van der Waals surface area contributed by atoms with E-state index in [0.717, 1.165) is 22.7 Å². The summed E-state index contributed by atoms with van der Waals surface area (Å²) in [5, 5.41) is 10.4. The van der Waals surface area contributed by atoms with Gasteiger partial charge >= 0.3 is 0 Å². The van der Waals surface area contributed by atoms with Crippen molar-refractivity contribution in [3.05, 3.63) is 24.5 Å². The van der Waals surface area contributed by atoms with Gasteiger partial charge in [0.05, 0.1) is 24.4 Å². The monoisotopic (exact) mass is 306 g/mol. The number of hydrogen-bond donors (Lipinski definition) is 2. The molecule has 0 saturated carbocycles. The lowest BCUT2D eigenvalue weighted by molar-refractivity contribution is -0.0419. The Morgan fingerprint density at radius 1 is 1.43 bits per heavy atom. The number of nitrogens with zero attached hydrogens (tertiary/aromatic N) is 3. The van der Waals surface area contributed by atoms with Gasteiger partial charge in [0.2, 0.25) is 0 Å². The van der Waals surface area contributed by atoms with Crippen molar-refractivity contribution in [1.82, 2.24) is 9.36 Å². The summed E-state index contributed by atoms with van der Waals surface area (Å²) in [6.45, 7) is 3.42. The Morgan fingerprint density at radius 3 is 2.90 bits per heavy atom. The van der Waals surface area contributed by atoms with E-state index in [0.29, 0.717) is 12.4 Å². The fourth-order valence-corrected chi connectivity index (χ4v) is 3.47. The van der Waals surface area contributed by atoms with Crippen molar-refractivity contribution < 1.29 is 9.84 Å². The molecule has 0 aromatic carbocycles. The van der Waals surface area contributed by atoms with Crippen LogP contribution in [0.2, 0.25) is 0 Å². The molecule has 7 heteroatoms. The van der Waals surface area contributed by atoms with E-state index in [1.165, 1.54) is 11.5 Å². The minimum Gasteiger partial charge on any atom is -0.394 e. The lowest BCUT2D eigenvalue weighted by Crippen LogP contribution is -2.48. The molecule has 1 aliphatic rings. The van der Waals surface area contributed by atoms with Crippen molar-refractivity contribution in [2.45, 2.75) is 19.1 Å². The maximum atomic E-state index is 9.37. The van der Waals surface area contributed by atoms with Gasteiger partial charge in [0, 0.05) is 25.5 Å². The average Bonchev–Trinajstić information content (AvgIpc) is 2.89. The first-order valence-electron chi connectivity index (χ1n) is 6.86. The van der Waals surface area contributed by atoms with Crippen LogP contribution in [0, 0.1) is 0 Å². The van der Waals surface area contributed by atoms with E-state index in [9.17, 15) is 5.11 Å². The molecule has 2 unspecified atom stereocenters. The van der Waals surface area contributed by atoms with Crippen molar-refractivity contribution in [3.63, 3.8) is 0 Å². The first kappa shape index (κ1) is 14.2. The Bertz CT molecular complexity index is 604. The molecule has 2 aromatic heterocycles. The molecule has 2 atom stereocenters. The van der Waals surface area contributed by atoms with Gasteiger partial charge in [-0.1, -0.05) is 0 Å². The van der Waals surface area contributed by atoms with Gasteiger partial charge in [-0.2, -0.15) is 4.37 Å². The van der Waals surface area contributed by atoms with Gasteiger partial charge < -0.3 is 20.5 Å². The standard InChI is InChI=1S/C14H18N4O2S/c1-9-6-18(7-11(8-19)20-9)14-12(13(15)17-21-14)10-2-4-16-5-3-10/h2-5,9,11,19H,6-8H2,1H3,(H2,15,17).